The molecule has 0 bridgehead atoms. The van der Waals surface area contributed by atoms with Gasteiger partial charge in [0.15, 0.2) is 5.13 Å². The number of para-hydroxylation sites is 1. The maximum Gasteiger partial charge on any atom is 0.315 e. The summed E-state index contributed by atoms with van der Waals surface area (Å²) in [7, 11) is 0. The van der Waals surface area contributed by atoms with Crippen LogP contribution in [0, 0.1) is 0 Å². The predicted molar refractivity (Wildman–Crippen MR) is 89.5 cm³/mol. The summed E-state index contributed by atoms with van der Waals surface area (Å²) in [6.45, 7) is 1.86. The lowest BCUT2D eigenvalue weighted by Crippen LogP contribution is -2.51. The van der Waals surface area contributed by atoms with Crippen LogP contribution in [0.25, 0.3) is 10.2 Å². The minimum atomic E-state index is -0.0151. The molecule has 4 rings (SSSR count). The highest BCUT2D eigenvalue weighted by molar-refractivity contribution is 7.22. The summed E-state index contributed by atoms with van der Waals surface area (Å²) in [6, 6.07) is 8.83. The monoisotopic (exact) mass is 316 g/mol. The summed E-state index contributed by atoms with van der Waals surface area (Å²) in [5.41, 5.74) is 1.06. The fraction of sp³-hybridized carbons (Fsp3) is 0.500. The number of hydrogen-bond donors (Lipinski definition) is 2. The number of fused-ring (bicyclic) bond motifs is 1. The molecule has 0 radical (unpaired) electrons. The van der Waals surface area contributed by atoms with Gasteiger partial charge in [-0.25, -0.2) is 9.78 Å². The largest absolute Gasteiger partial charge is 0.346 e. The number of urea groups is 1. The van der Waals surface area contributed by atoms with Crippen molar-refractivity contribution in [2.75, 3.05) is 18.0 Å². The van der Waals surface area contributed by atoms with Crippen molar-refractivity contribution in [2.24, 2.45) is 0 Å². The van der Waals surface area contributed by atoms with Gasteiger partial charge in [0.05, 0.1) is 10.2 Å². The molecule has 1 aliphatic heterocycles. The number of nitrogens with zero attached hydrogens (tertiary/aromatic N) is 2. The molecule has 6 heteroatoms. The Morgan fingerprint density at radius 3 is 2.82 bits per heavy atom. The van der Waals surface area contributed by atoms with Crippen molar-refractivity contribution >= 4 is 32.7 Å². The molecular formula is C16H20N4OS. The van der Waals surface area contributed by atoms with Crippen molar-refractivity contribution in [3.63, 3.8) is 0 Å². The molecule has 2 fully saturated rings. The Labute approximate surface area is 133 Å². The van der Waals surface area contributed by atoms with Crippen LogP contribution < -0.4 is 15.5 Å². The van der Waals surface area contributed by atoms with E-state index >= 15 is 0 Å². The highest BCUT2D eigenvalue weighted by Crippen LogP contribution is 2.30. The Balaban J connectivity index is 1.42. The van der Waals surface area contributed by atoms with E-state index in [2.05, 4.69) is 27.7 Å². The second kappa shape index (κ2) is 5.76. The van der Waals surface area contributed by atoms with Crippen molar-refractivity contribution in [2.45, 2.75) is 37.8 Å². The minimum absolute atomic E-state index is 0.0151. The normalized spacial score (nSPS) is 21.8. The molecule has 0 spiro atoms. The second-order valence-corrected chi connectivity index (χ2v) is 7.15. The maximum absolute atomic E-state index is 11.9. The topological polar surface area (TPSA) is 57.3 Å². The molecule has 2 heterocycles. The first-order chi connectivity index (χ1) is 10.8. The van der Waals surface area contributed by atoms with Gasteiger partial charge in [-0.05, 0) is 37.8 Å². The highest BCUT2D eigenvalue weighted by Gasteiger charge is 2.27. The Hall–Kier alpha value is -1.82. The number of piperidine rings is 1. The number of thiazole rings is 1. The van der Waals surface area contributed by atoms with Crippen LogP contribution >= 0.6 is 11.3 Å². The SMILES string of the molecule is O=C(NC1CC1)NC1CCCN(c2nc3ccccc3s2)C1. The van der Waals surface area contributed by atoms with Gasteiger partial charge in [0.1, 0.15) is 0 Å². The van der Waals surface area contributed by atoms with Crippen molar-refractivity contribution in [1.29, 1.82) is 0 Å². The first-order valence-corrected chi connectivity index (χ1v) is 8.77. The van der Waals surface area contributed by atoms with Crippen LogP contribution in [0.5, 0.6) is 0 Å². The first kappa shape index (κ1) is 13.8. The summed E-state index contributed by atoms with van der Waals surface area (Å²) < 4.78 is 1.22. The fourth-order valence-corrected chi connectivity index (χ4v) is 3.90. The average Bonchev–Trinajstić information content (AvgIpc) is 3.22. The van der Waals surface area contributed by atoms with E-state index in [1.54, 1.807) is 11.3 Å². The molecule has 1 unspecified atom stereocenters. The van der Waals surface area contributed by atoms with Crippen LogP contribution in [-0.2, 0) is 0 Å². The molecule has 2 aliphatic rings. The van der Waals surface area contributed by atoms with Gasteiger partial charge in [-0.3, -0.25) is 0 Å². The quantitative estimate of drug-likeness (QED) is 0.915. The number of hydrogen-bond acceptors (Lipinski definition) is 4. The average molecular weight is 316 g/mol. The first-order valence-electron chi connectivity index (χ1n) is 7.95. The molecule has 116 valence electrons. The number of aromatic nitrogens is 1. The van der Waals surface area contributed by atoms with E-state index in [0.717, 1.165) is 49.4 Å². The van der Waals surface area contributed by atoms with Crippen molar-refractivity contribution < 1.29 is 4.79 Å². The molecule has 1 atom stereocenters. The molecule has 22 heavy (non-hydrogen) atoms. The number of anilines is 1. The van der Waals surface area contributed by atoms with Gasteiger partial charge in [-0.1, -0.05) is 23.5 Å². The second-order valence-electron chi connectivity index (χ2n) is 6.14. The lowest BCUT2D eigenvalue weighted by atomic mass is 10.1. The third-order valence-electron chi connectivity index (χ3n) is 4.22. The van der Waals surface area contributed by atoms with Crippen LogP contribution in [-0.4, -0.2) is 36.2 Å². The molecule has 1 aromatic heterocycles. The number of carbonyl (C=O) groups is 1. The number of amides is 2. The lowest BCUT2D eigenvalue weighted by molar-refractivity contribution is 0.234. The standard InChI is InChI=1S/C16H20N4OS/c21-15(17-11-7-8-11)18-12-4-3-9-20(10-12)16-19-13-5-1-2-6-14(13)22-16/h1-2,5-6,11-12H,3-4,7-10H2,(H2,17,18,21). The van der Waals surface area contributed by atoms with Crippen LogP contribution in [0.4, 0.5) is 9.93 Å². The molecule has 2 N–H and O–H groups in total. The van der Waals surface area contributed by atoms with E-state index in [4.69, 9.17) is 4.98 Å². The molecule has 5 nitrogen and oxygen atoms in total. The molecule has 1 aromatic carbocycles. The Kier molecular flexibility index (Phi) is 3.62. The Bertz CT molecular complexity index is 649. The van der Waals surface area contributed by atoms with Gasteiger partial charge in [0, 0.05) is 25.2 Å². The summed E-state index contributed by atoms with van der Waals surface area (Å²) in [5, 5.41) is 7.17. The van der Waals surface area contributed by atoms with Gasteiger partial charge in [0.2, 0.25) is 0 Å². The van der Waals surface area contributed by atoms with E-state index in [0.29, 0.717) is 6.04 Å². The summed E-state index contributed by atoms with van der Waals surface area (Å²) >= 11 is 1.73. The molecule has 1 saturated carbocycles. The van der Waals surface area contributed by atoms with Gasteiger partial charge in [0.25, 0.3) is 0 Å². The smallest absolute Gasteiger partial charge is 0.315 e. The van der Waals surface area contributed by atoms with Gasteiger partial charge in [-0.15, -0.1) is 0 Å². The van der Waals surface area contributed by atoms with Crippen LogP contribution in [0.1, 0.15) is 25.7 Å². The van der Waals surface area contributed by atoms with Gasteiger partial charge >= 0.3 is 6.03 Å². The summed E-state index contributed by atoms with van der Waals surface area (Å²) in [5.74, 6) is 0. The molecule has 2 aromatic rings. The number of benzene rings is 1. The predicted octanol–water partition coefficient (Wildman–Crippen LogP) is 2.73. The molecular weight excluding hydrogens is 296 g/mol. The number of carbonyl (C=O) groups excluding carboxylic acids is 1. The molecule has 2 amide bonds. The van der Waals surface area contributed by atoms with E-state index < -0.39 is 0 Å². The van der Waals surface area contributed by atoms with Crippen molar-refractivity contribution in [3.8, 4) is 0 Å². The van der Waals surface area contributed by atoms with Crippen molar-refractivity contribution in [3.05, 3.63) is 24.3 Å². The summed E-state index contributed by atoms with van der Waals surface area (Å²) in [4.78, 5) is 18.9. The minimum Gasteiger partial charge on any atom is -0.346 e. The van der Waals surface area contributed by atoms with E-state index in [9.17, 15) is 4.79 Å². The van der Waals surface area contributed by atoms with E-state index in [-0.39, 0.29) is 12.1 Å². The molecule has 1 saturated heterocycles. The third-order valence-corrected chi connectivity index (χ3v) is 5.32. The Morgan fingerprint density at radius 2 is 2.00 bits per heavy atom. The highest BCUT2D eigenvalue weighted by atomic mass is 32.1. The lowest BCUT2D eigenvalue weighted by Gasteiger charge is -2.32. The van der Waals surface area contributed by atoms with Crippen molar-refractivity contribution in [1.82, 2.24) is 15.6 Å². The zero-order valence-electron chi connectivity index (χ0n) is 12.4. The number of nitrogens with one attached hydrogen (secondary N) is 2. The number of rotatable bonds is 3. The zero-order valence-corrected chi connectivity index (χ0v) is 13.2. The van der Waals surface area contributed by atoms with Gasteiger partial charge in [-0.2, -0.15) is 0 Å². The van der Waals surface area contributed by atoms with Crippen LogP contribution in [0.15, 0.2) is 24.3 Å². The Morgan fingerprint density at radius 1 is 1.18 bits per heavy atom. The third kappa shape index (κ3) is 3.02. The van der Waals surface area contributed by atoms with Gasteiger partial charge < -0.3 is 15.5 Å². The van der Waals surface area contributed by atoms with Crippen LogP contribution in [0.2, 0.25) is 0 Å². The maximum atomic E-state index is 11.9. The zero-order chi connectivity index (χ0) is 14.9. The van der Waals surface area contributed by atoms with E-state index in [1.807, 2.05) is 12.1 Å². The van der Waals surface area contributed by atoms with Crippen LogP contribution in [0.3, 0.4) is 0 Å². The molecule has 1 aliphatic carbocycles. The summed E-state index contributed by atoms with van der Waals surface area (Å²) in [6.07, 6.45) is 4.37. The fourth-order valence-electron chi connectivity index (χ4n) is 2.90. The van der Waals surface area contributed by atoms with E-state index in [1.165, 1.54) is 4.70 Å².